The van der Waals surface area contributed by atoms with E-state index in [1.807, 2.05) is 18.2 Å². The third-order valence-electron chi connectivity index (χ3n) is 5.39. The van der Waals surface area contributed by atoms with E-state index < -0.39 is 0 Å². The van der Waals surface area contributed by atoms with Crippen molar-refractivity contribution in [1.82, 2.24) is 19.9 Å². The molecule has 0 radical (unpaired) electrons. The number of nitrogens with zero attached hydrogens (tertiary/aromatic N) is 4. The molecule has 0 aliphatic heterocycles. The van der Waals surface area contributed by atoms with Gasteiger partial charge in [-0.2, -0.15) is 0 Å². The molecule has 0 saturated heterocycles. The largest absolute Gasteiger partial charge is 0.350 e. The third-order valence-corrected chi connectivity index (χ3v) is 6.30. The van der Waals surface area contributed by atoms with E-state index in [1.54, 1.807) is 23.8 Å². The summed E-state index contributed by atoms with van der Waals surface area (Å²) >= 11 is 1.44. The van der Waals surface area contributed by atoms with Crippen molar-refractivity contribution in [2.45, 2.75) is 37.8 Å². The molecule has 1 amide bonds. The SMILES string of the molecule is N[C@H]1CCCC[C@H]1Nc1ncc2scc(C(=O)Nc3ccc4ncccc4n3)c2n1. The van der Waals surface area contributed by atoms with Crippen LogP contribution in [-0.2, 0) is 0 Å². The fraction of sp³-hybridized carbons (Fsp3) is 0.286. The van der Waals surface area contributed by atoms with Gasteiger partial charge >= 0.3 is 0 Å². The Labute approximate surface area is 177 Å². The van der Waals surface area contributed by atoms with Crippen LogP contribution in [0.15, 0.2) is 42.0 Å². The van der Waals surface area contributed by atoms with Crippen LogP contribution in [0.3, 0.4) is 0 Å². The summed E-state index contributed by atoms with van der Waals surface area (Å²) in [6, 6.07) is 7.50. The van der Waals surface area contributed by atoms with Gasteiger partial charge in [-0.25, -0.2) is 15.0 Å². The van der Waals surface area contributed by atoms with E-state index in [4.69, 9.17) is 5.73 Å². The fourth-order valence-electron chi connectivity index (χ4n) is 3.77. The number of nitrogens with one attached hydrogen (secondary N) is 2. The van der Waals surface area contributed by atoms with E-state index in [-0.39, 0.29) is 18.0 Å². The zero-order chi connectivity index (χ0) is 20.5. The quantitative estimate of drug-likeness (QED) is 0.463. The number of rotatable bonds is 4. The van der Waals surface area contributed by atoms with Crippen molar-refractivity contribution in [2.75, 3.05) is 10.6 Å². The zero-order valence-electron chi connectivity index (χ0n) is 16.2. The molecule has 9 heteroatoms. The van der Waals surface area contributed by atoms with Gasteiger partial charge in [0.25, 0.3) is 5.91 Å². The minimum Gasteiger partial charge on any atom is -0.350 e. The first-order chi connectivity index (χ1) is 14.7. The summed E-state index contributed by atoms with van der Waals surface area (Å²) in [5.74, 6) is 0.726. The lowest BCUT2D eigenvalue weighted by molar-refractivity contribution is 0.102. The van der Waals surface area contributed by atoms with Crippen LogP contribution in [0.25, 0.3) is 21.3 Å². The molecule has 152 valence electrons. The molecular formula is C21H21N7OS. The van der Waals surface area contributed by atoms with Gasteiger partial charge in [-0.1, -0.05) is 12.8 Å². The smallest absolute Gasteiger partial charge is 0.259 e. The molecule has 30 heavy (non-hydrogen) atoms. The van der Waals surface area contributed by atoms with Crippen LogP contribution in [0.1, 0.15) is 36.0 Å². The molecular weight excluding hydrogens is 398 g/mol. The van der Waals surface area contributed by atoms with Gasteiger partial charge in [0.05, 0.1) is 33.0 Å². The molecule has 4 N–H and O–H groups in total. The van der Waals surface area contributed by atoms with E-state index in [0.29, 0.717) is 22.8 Å². The van der Waals surface area contributed by atoms with Gasteiger partial charge in [0.15, 0.2) is 0 Å². The molecule has 1 aliphatic rings. The van der Waals surface area contributed by atoms with Gasteiger partial charge < -0.3 is 16.4 Å². The summed E-state index contributed by atoms with van der Waals surface area (Å²) in [6.07, 6.45) is 7.77. The number of carbonyl (C=O) groups is 1. The summed E-state index contributed by atoms with van der Waals surface area (Å²) < 4.78 is 0.856. The van der Waals surface area contributed by atoms with Crippen LogP contribution in [0.4, 0.5) is 11.8 Å². The van der Waals surface area contributed by atoms with Gasteiger partial charge in [0.1, 0.15) is 5.82 Å². The molecule has 1 aliphatic carbocycles. The van der Waals surface area contributed by atoms with E-state index >= 15 is 0 Å². The highest BCUT2D eigenvalue weighted by molar-refractivity contribution is 7.17. The van der Waals surface area contributed by atoms with Crippen LogP contribution in [0.2, 0.25) is 0 Å². The molecule has 8 nitrogen and oxygen atoms in total. The normalized spacial score (nSPS) is 19.1. The molecule has 0 bridgehead atoms. The molecule has 0 unspecified atom stereocenters. The number of carbonyl (C=O) groups excluding carboxylic acids is 1. The summed E-state index contributed by atoms with van der Waals surface area (Å²) in [5, 5.41) is 8.02. The second kappa shape index (κ2) is 7.92. The Morgan fingerprint density at radius 3 is 2.90 bits per heavy atom. The number of aromatic nitrogens is 4. The number of nitrogens with two attached hydrogens (primary N) is 1. The Morgan fingerprint density at radius 2 is 2.00 bits per heavy atom. The summed E-state index contributed by atoms with van der Waals surface area (Å²) in [5.41, 5.74) is 8.86. The van der Waals surface area contributed by atoms with Crippen molar-refractivity contribution in [3.05, 3.63) is 47.6 Å². The molecule has 0 aromatic carbocycles. The molecule has 1 fully saturated rings. The van der Waals surface area contributed by atoms with Gasteiger partial charge in [-0.05, 0) is 37.1 Å². The molecule has 1 saturated carbocycles. The van der Waals surface area contributed by atoms with Crippen molar-refractivity contribution < 1.29 is 4.79 Å². The van der Waals surface area contributed by atoms with Gasteiger partial charge in [0, 0.05) is 23.7 Å². The maximum Gasteiger partial charge on any atom is 0.259 e. The lowest BCUT2D eigenvalue weighted by Crippen LogP contribution is -2.42. The van der Waals surface area contributed by atoms with Crippen LogP contribution in [0.5, 0.6) is 0 Å². The maximum absolute atomic E-state index is 12.9. The summed E-state index contributed by atoms with van der Waals surface area (Å²) in [7, 11) is 0. The highest BCUT2D eigenvalue weighted by Gasteiger charge is 2.23. The number of fused-ring (bicyclic) bond motifs is 2. The van der Waals surface area contributed by atoms with E-state index in [0.717, 1.165) is 41.4 Å². The number of pyridine rings is 2. The fourth-order valence-corrected chi connectivity index (χ4v) is 4.62. The van der Waals surface area contributed by atoms with Crippen LogP contribution >= 0.6 is 11.3 Å². The Bertz CT molecular complexity index is 1220. The molecule has 4 aromatic heterocycles. The number of hydrogen-bond acceptors (Lipinski definition) is 8. The van der Waals surface area contributed by atoms with Crippen LogP contribution < -0.4 is 16.4 Å². The Kier molecular flexibility index (Phi) is 4.97. The lowest BCUT2D eigenvalue weighted by Gasteiger charge is -2.29. The monoisotopic (exact) mass is 419 g/mol. The van der Waals surface area contributed by atoms with Gasteiger partial charge in [-0.15, -0.1) is 11.3 Å². The molecule has 5 rings (SSSR count). The first kappa shape index (κ1) is 18.8. The third kappa shape index (κ3) is 3.69. The van der Waals surface area contributed by atoms with Gasteiger partial charge in [0.2, 0.25) is 5.95 Å². The van der Waals surface area contributed by atoms with Crippen molar-refractivity contribution in [3.63, 3.8) is 0 Å². The zero-order valence-corrected chi connectivity index (χ0v) is 17.0. The van der Waals surface area contributed by atoms with E-state index in [1.165, 1.54) is 11.3 Å². The molecule has 4 aromatic rings. The minimum absolute atomic E-state index is 0.0942. The highest BCUT2D eigenvalue weighted by Crippen LogP contribution is 2.27. The summed E-state index contributed by atoms with van der Waals surface area (Å²) in [6.45, 7) is 0. The Hall–Kier alpha value is -3.17. The first-order valence-electron chi connectivity index (χ1n) is 9.97. The highest BCUT2D eigenvalue weighted by atomic mass is 32.1. The number of hydrogen-bond donors (Lipinski definition) is 3. The van der Waals surface area contributed by atoms with E-state index in [9.17, 15) is 4.79 Å². The topological polar surface area (TPSA) is 119 Å². The predicted octanol–water partition coefficient (Wildman–Crippen LogP) is 3.57. The minimum atomic E-state index is -0.254. The number of amides is 1. The number of thiophene rings is 1. The predicted molar refractivity (Wildman–Crippen MR) is 119 cm³/mol. The molecule has 2 atom stereocenters. The lowest BCUT2D eigenvalue weighted by atomic mass is 9.91. The summed E-state index contributed by atoms with van der Waals surface area (Å²) in [4.78, 5) is 30.7. The second-order valence-corrected chi connectivity index (χ2v) is 8.36. The molecule has 4 heterocycles. The molecule has 0 spiro atoms. The van der Waals surface area contributed by atoms with Crippen molar-refractivity contribution in [3.8, 4) is 0 Å². The number of anilines is 2. The second-order valence-electron chi connectivity index (χ2n) is 7.45. The first-order valence-corrected chi connectivity index (χ1v) is 10.8. The standard InChI is InChI=1S/C21H21N7OS/c22-13-4-1-2-5-14(13)26-21-24-10-17-19(28-21)12(11-30-17)20(29)27-18-8-7-15-16(25-18)6-3-9-23-15/h3,6-11,13-14H,1-2,4-5,22H2,(H,24,26,28)(H,25,27,29)/t13-,14+/m0/s1. The average molecular weight is 420 g/mol. The average Bonchev–Trinajstić information content (AvgIpc) is 3.19. The Morgan fingerprint density at radius 1 is 1.10 bits per heavy atom. The maximum atomic E-state index is 12.9. The van der Waals surface area contributed by atoms with Crippen LogP contribution in [0, 0.1) is 0 Å². The Balaban J connectivity index is 1.39. The van der Waals surface area contributed by atoms with Crippen molar-refractivity contribution >= 4 is 50.3 Å². The van der Waals surface area contributed by atoms with Crippen molar-refractivity contribution in [2.24, 2.45) is 5.73 Å². The van der Waals surface area contributed by atoms with E-state index in [2.05, 4.69) is 30.6 Å². The van der Waals surface area contributed by atoms with Crippen molar-refractivity contribution in [1.29, 1.82) is 0 Å². The van der Waals surface area contributed by atoms with Crippen LogP contribution in [-0.4, -0.2) is 37.9 Å². The van der Waals surface area contributed by atoms with Gasteiger partial charge in [-0.3, -0.25) is 9.78 Å².